The Balaban J connectivity index is 1.72. The molecular weight excluding hydrogens is 436 g/mol. The lowest BCUT2D eigenvalue weighted by atomic mass is 9.90. The minimum absolute atomic E-state index is 0.130. The van der Waals surface area contributed by atoms with E-state index in [1.54, 1.807) is 33.8 Å². The number of hydrogen-bond donors (Lipinski definition) is 1. The third-order valence-corrected chi connectivity index (χ3v) is 7.19. The Morgan fingerprint density at radius 3 is 2.30 bits per heavy atom. The number of fused-ring (bicyclic) bond motifs is 1. The summed E-state index contributed by atoms with van der Waals surface area (Å²) in [7, 11) is 0. The molecule has 2 aromatic rings. The molecular formula is C26H35ClN4O2. The molecule has 1 aliphatic heterocycles. The molecule has 6 nitrogen and oxygen atoms in total. The quantitative estimate of drug-likeness (QED) is 0.645. The lowest BCUT2D eigenvalue weighted by Gasteiger charge is -2.43. The van der Waals surface area contributed by atoms with E-state index >= 15 is 0 Å². The molecule has 178 valence electrons. The van der Waals surface area contributed by atoms with E-state index in [1.807, 2.05) is 13.0 Å². The number of halogens is 1. The molecule has 0 radical (unpaired) electrons. The van der Waals surface area contributed by atoms with Gasteiger partial charge in [-0.25, -0.2) is 0 Å². The Morgan fingerprint density at radius 1 is 1.09 bits per heavy atom. The van der Waals surface area contributed by atoms with Gasteiger partial charge in [-0.05, 0) is 50.1 Å². The lowest BCUT2D eigenvalue weighted by molar-refractivity contribution is -0.127. The number of aromatic nitrogens is 2. The molecule has 1 fully saturated rings. The van der Waals surface area contributed by atoms with E-state index in [9.17, 15) is 9.59 Å². The van der Waals surface area contributed by atoms with Gasteiger partial charge in [-0.1, -0.05) is 64.5 Å². The predicted octanol–water partition coefficient (Wildman–Crippen LogP) is 5.48. The molecule has 1 aliphatic carbocycles. The fourth-order valence-electron chi connectivity index (χ4n) is 4.88. The van der Waals surface area contributed by atoms with Crippen LogP contribution in [0.5, 0.6) is 0 Å². The smallest absolute Gasteiger partial charge is 0.277 e. The third kappa shape index (κ3) is 4.81. The summed E-state index contributed by atoms with van der Waals surface area (Å²) in [5.41, 5.74) is 0.691. The van der Waals surface area contributed by atoms with E-state index in [0.717, 1.165) is 31.4 Å². The average Bonchev–Trinajstić information content (AvgIpc) is 3.16. The lowest BCUT2D eigenvalue weighted by Crippen LogP contribution is -2.65. The summed E-state index contributed by atoms with van der Waals surface area (Å²) in [5.74, 6) is -0.350. The summed E-state index contributed by atoms with van der Waals surface area (Å²) in [4.78, 5) is 29.3. The number of carbonyl (C=O) groups excluding carboxylic acids is 2. The van der Waals surface area contributed by atoms with Gasteiger partial charge in [0.2, 0.25) is 5.91 Å². The molecule has 33 heavy (non-hydrogen) atoms. The Hall–Kier alpha value is -2.34. The van der Waals surface area contributed by atoms with Crippen molar-refractivity contribution in [3.63, 3.8) is 0 Å². The van der Waals surface area contributed by atoms with Crippen LogP contribution in [0, 0.1) is 0 Å². The first-order valence-electron chi connectivity index (χ1n) is 12.1. The second-order valence-electron chi connectivity index (χ2n) is 10.7. The number of nitrogens with one attached hydrogen (secondary N) is 1. The molecule has 1 aromatic heterocycles. The Bertz CT molecular complexity index is 1020. The summed E-state index contributed by atoms with van der Waals surface area (Å²) in [6, 6.07) is 9.11. The van der Waals surface area contributed by atoms with Gasteiger partial charge < -0.3 is 5.32 Å². The maximum absolute atomic E-state index is 13.8. The van der Waals surface area contributed by atoms with Crippen LogP contribution in [0.15, 0.2) is 30.3 Å². The van der Waals surface area contributed by atoms with Crippen LogP contribution in [0.25, 0.3) is 0 Å². The maximum Gasteiger partial charge on any atom is 0.277 e. The second-order valence-corrected chi connectivity index (χ2v) is 11.2. The zero-order valence-corrected chi connectivity index (χ0v) is 20.9. The fourth-order valence-corrected chi connectivity index (χ4v) is 5.01. The highest BCUT2D eigenvalue weighted by atomic mass is 35.5. The molecule has 0 saturated heterocycles. The van der Waals surface area contributed by atoms with E-state index in [-0.39, 0.29) is 23.3 Å². The summed E-state index contributed by atoms with van der Waals surface area (Å²) >= 11 is 6.12. The third-order valence-electron chi connectivity index (χ3n) is 6.94. The minimum Gasteiger partial charge on any atom is -0.351 e. The van der Waals surface area contributed by atoms with Crippen LogP contribution in [-0.4, -0.2) is 33.2 Å². The van der Waals surface area contributed by atoms with Gasteiger partial charge in [0.25, 0.3) is 5.91 Å². The van der Waals surface area contributed by atoms with Gasteiger partial charge in [-0.3, -0.25) is 19.2 Å². The van der Waals surface area contributed by atoms with Crippen LogP contribution in [-0.2, 0) is 16.8 Å². The van der Waals surface area contributed by atoms with Gasteiger partial charge in [0.15, 0.2) is 0 Å². The van der Waals surface area contributed by atoms with Crippen LogP contribution in [0.4, 0.5) is 5.69 Å². The van der Waals surface area contributed by atoms with E-state index < -0.39 is 5.54 Å². The fraction of sp³-hybridized carbons (Fsp3) is 0.577. The molecule has 4 rings (SSSR count). The van der Waals surface area contributed by atoms with Crippen molar-refractivity contribution in [2.75, 3.05) is 4.90 Å². The van der Waals surface area contributed by atoms with E-state index in [2.05, 4.69) is 26.1 Å². The predicted molar refractivity (Wildman–Crippen MR) is 132 cm³/mol. The van der Waals surface area contributed by atoms with Gasteiger partial charge in [0.05, 0.1) is 12.2 Å². The summed E-state index contributed by atoms with van der Waals surface area (Å²) in [6.07, 6.45) is 7.92. The van der Waals surface area contributed by atoms with Crippen LogP contribution < -0.4 is 10.2 Å². The molecule has 2 heterocycles. The van der Waals surface area contributed by atoms with Gasteiger partial charge in [0.1, 0.15) is 11.2 Å². The molecule has 1 N–H and O–H groups in total. The molecule has 1 aromatic carbocycles. The van der Waals surface area contributed by atoms with Gasteiger partial charge in [0, 0.05) is 22.2 Å². The Labute approximate surface area is 201 Å². The molecule has 2 aliphatic rings. The van der Waals surface area contributed by atoms with Crippen molar-refractivity contribution >= 4 is 29.1 Å². The highest BCUT2D eigenvalue weighted by molar-refractivity contribution is 6.30. The average molecular weight is 471 g/mol. The zero-order chi connectivity index (χ0) is 23.8. The van der Waals surface area contributed by atoms with Gasteiger partial charge in [-0.2, -0.15) is 5.10 Å². The van der Waals surface area contributed by atoms with E-state index in [1.165, 1.54) is 19.3 Å². The monoisotopic (exact) mass is 470 g/mol. The maximum atomic E-state index is 13.8. The molecule has 0 spiro atoms. The normalized spacial score (nSPS) is 22.5. The van der Waals surface area contributed by atoms with Crippen molar-refractivity contribution in [2.24, 2.45) is 0 Å². The van der Waals surface area contributed by atoms with Crippen molar-refractivity contribution in [2.45, 2.75) is 96.2 Å². The number of anilines is 1. The summed E-state index contributed by atoms with van der Waals surface area (Å²) < 4.78 is 1.72. The first kappa shape index (κ1) is 23.8. The van der Waals surface area contributed by atoms with Crippen molar-refractivity contribution in [1.29, 1.82) is 0 Å². The van der Waals surface area contributed by atoms with Crippen LogP contribution in [0.1, 0.15) is 88.8 Å². The number of nitrogens with zero attached hydrogens (tertiary/aromatic N) is 3. The first-order valence-corrected chi connectivity index (χ1v) is 12.5. The number of carbonyl (C=O) groups is 2. The molecule has 1 atom stereocenters. The van der Waals surface area contributed by atoms with Gasteiger partial charge in [-0.15, -0.1) is 0 Å². The zero-order valence-electron chi connectivity index (χ0n) is 20.2. The highest BCUT2D eigenvalue weighted by Gasteiger charge is 2.49. The van der Waals surface area contributed by atoms with Crippen molar-refractivity contribution in [3.05, 3.63) is 46.7 Å². The van der Waals surface area contributed by atoms with E-state index in [4.69, 9.17) is 16.7 Å². The number of amides is 2. The minimum atomic E-state index is -1.11. The summed E-state index contributed by atoms with van der Waals surface area (Å²) in [6.45, 7) is 8.36. The molecule has 7 heteroatoms. The summed E-state index contributed by atoms with van der Waals surface area (Å²) in [5, 5.41) is 8.62. The standard InChI is InChI=1S/C26H35ClN4O2/c1-25(2,3)22-16-21-23(32)31(20-14-12-18(27)13-15-20)26(4,17-30(21)29-22)24(33)28-19-10-8-6-5-7-9-11-19/h12-16,19H,5-11,17H2,1-4H3,(H,28,33)/t26-/m1/s1. The Kier molecular flexibility index (Phi) is 6.59. The van der Waals surface area contributed by atoms with Crippen molar-refractivity contribution in [1.82, 2.24) is 15.1 Å². The molecule has 0 bridgehead atoms. The van der Waals surface area contributed by atoms with Crippen LogP contribution in [0.2, 0.25) is 5.02 Å². The number of benzene rings is 1. The van der Waals surface area contributed by atoms with Crippen molar-refractivity contribution in [3.8, 4) is 0 Å². The number of hydrogen-bond acceptors (Lipinski definition) is 3. The molecule has 2 amide bonds. The number of rotatable bonds is 3. The van der Waals surface area contributed by atoms with E-state index in [0.29, 0.717) is 22.9 Å². The first-order chi connectivity index (χ1) is 15.6. The SMILES string of the molecule is CC(C)(C)c1cc2n(n1)C[C@](C)(C(=O)NC1CCCCCCC1)N(c1ccc(Cl)cc1)C2=O. The molecule has 0 unspecified atom stereocenters. The van der Waals surface area contributed by atoms with Crippen LogP contribution in [0.3, 0.4) is 0 Å². The second kappa shape index (κ2) is 9.13. The topological polar surface area (TPSA) is 67.2 Å². The van der Waals surface area contributed by atoms with Crippen molar-refractivity contribution < 1.29 is 9.59 Å². The van der Waals surface area contributed by atoms with Crippen LogP contribution >= 0.6 is 11.6 Å². The van der Waals surface area contributed by atoms with Gasteiger partial charge >= 0.3 is 0 Å². The molecule has 1 saturated carbocycles. The highest BCUT2D eigenvalue weighted by Crippen LogP contribution is 2.35. The largest absolute Gasteiger partial charge is 0.351 e. The Morgan fingerprint density at radius 2 is 1.70 bits per heavy atom.